The highest BCUT2D eigenvalue weighted by molar-refractivity contribution is 5.81. The minimum atomic E-state index is -1.10. The van der Waals surface area contributed by atoms with Crippen molar-refractivity contribution in [2.24, 2.45) is 0 Å². The van der Waals surface area contributed by atoms with Crippen molar-refractivity contribution < 1.29 is 19.7 Å². The van der Waals surface area contributed by atoms with Gasteiger partial charge in [-0.2, -0.15) is 0 Å². The van der Waals surface area contributed by atoms with Crippen molar-refractivity contribution in [3.8, 4) is 0 Å². The van der Waals surface area contributed by atoms with Gasteiger partial charge in [-0.3, -0.25) is 4.79 Å². The summed E-state index contributed by atoms with van der Waals surface area (Å²) in [6.07, 6.45) is -2.97. The van der Waals surface area contributed by atoms with Gasteiger partial charge in [0.2, 0.25) is 0 Å². The Morgan fingerprint density at radius 1 is 1.64 bits per heavy atom. The molecule has 3 unspecified atom stereocenters. The number of hydrogen-bond acceptors (Lipinski definition) is 4. The average molecular weight is 161 g/mol. The van der Waals surface area contributed by atoms with Crippen LogP contribution in [-0.2, 0) is 9.53 Å². The second kappa shape index (κ2) is 3.17. The molecule has 0 bridgehead atoms. The van der Waals surface area contributed by atoms with E-state index in [1.807, 2.05) is 0 Å². The molecular weight excluding hydrogens is 150 g/mol. The summed E-state index contributed by atoms with van der Waals surface area (Å²) in [6, 6.07) is 0. The molecule has 3 atom stereocenters. The van der Waals surface area contributed by atoms with Gasteiger partial charge in [0.25, 0.3) is 5.91 Å². The first-order valence-electron chi connectivity index (χ1n) is 3.36. The van der Waals surface area contributed by atoms with Gasteiger partial charge in [0.1, 0.15) is 12.2 Å². The molecule has 0 saturated carbocycles. The van der Waals surface area contributed by atoms with E-state index in [0.717, 1.165) is 0 Å². The van der Waals surface area contributed by atoms with Gasteiger partial charge in [-0.05, 0) is 0 Å². The lowest BCUT2D eigenvalue weighted by molar-refractivity contribution is -0.133. The van der Waals surface area contributed by atoms with Gasteiger partial charge in [-0.15, -0.1) is 0 Å². The lowest BCUT2D eigenvalue weighted by atomic mass is 10.1. The topological polar surface area (TPSA) is 78.8 Å². The first-order valence-corrected chi connectivity index (χ1v) is 3.36. The third-order valence-electron chi connectivity index (χ3n) is 1.66. The van der Waals surface area contributed by atoms with E-state index in [2.05, 4.69) is 5.32 Å². The van der Waals surface area contributed by atoms with Gasteiger partial charge < -0.3 is 20.3 Å². The van der Waals surface area contributed by atoms with Crippen molar-refractivity contribution in [2.45, 2.75) is 18.3 Å². The van der Waals surface area contributed by atoms with Crippen LogP contribution in [0.25, 0.3) is 0 Å². The Labute approximate surface area is 64.0 Å². The van der Waals surface area contributed by atoms with Crippen LogP contribution in [0.1, 0.15) is 0 Å². The number of carbonyl (C=O) groups is 1. The van der Waals surface area contributed by atoms with Crippen LogP contribution in [0.2, 0.25) is 0 Å². The molecule has 0 aliphatic carbocycles. The molecule has 0 radical (unpaired) electrons. The predicted octanol–water partition coefficient (Wildman–Crippen LogP) is -2.15. The minimum Gasteiger partial charge on any atom is -0.388 e. The summed E-state index contributed by atoms with van der Waals surface area (Å²) in [7, 11) is 1.45. The Morgan fingerprint density at radius 3 is 2.64 bits per heavy atom. The number of carbonyl (C=O) groups excluding carboxylic acids is 1. The molecular formula is C6H11NO4. The lowest BCUT2D eigenvalue weighted by Gasteiger charge is -2.12. The van der Waals surface area contributed by atoms with Crippen molar-refractivity contribution >= 4 is 5.91 Å². The van der Waals surface area contributed by atoms with Gasteiger partial charge in [0.15, 0.2) is 6.10 Å². The molecule has 5 heteroatoms. The maximum atomic E-state index is 10.9. The van der Waals surface area contributed by atoms with Gasteiger partial charge in [-0.1, -0.05) is 0 Å². The molecule has 1 aliphatic rings. The Kier molecular flexibility index (Phi) is 2.43. The molecule has 1 fully saturated rings. The number of amides is 1. The SMILES string of the molecule is CNC(=O)C1OCC(O)C1O. The molecule has 0 aromatic heterocycles. The average Bonchev–Trinajstić information content (AvgIpc) is 2.32. The van der Waals surface area contributed by atoms with Crippen LogP contribution in [0, 0.1) is 0 Å². The van der Waals surface area contributed by atoms with Crippen molar-refractivity contribution in [1.82, 2.24) is 5.32 Å². The summed E-state index contributed by atoms with van der Waals surface area (Å²) in [5.41, 5.74) is 0. The highest BCUT2D eigenvalue weighted by Crippen LogP contribution is 2.13. The second-order valence-electron chi connectivity index (χ2n) is 2.43. The summed E-state index contributed by atoms with van der Waals surface area (Å²) in [6.45, 7) is 0.0131. The maximum Gasteiger partial charge on any atom is 0.251 e. The molecule has 0 aromatic rings. The van der Waals surface area contributed by atoms with Crippen LogP contribution in [0.5, 0.6) is 0 Å². The molecule has 11 heavy (non-hydrogen) atoms. The maximum absolute atomic E-state index is 10.9. The largest absolute Gasteiger partial charge is 0.388 e. The van der Waals surface area contributed by atoms with E-state index in [9.17, 15) is 4.79 Å². The monoisotopic (exact) mass is 161 g/mol. The third-order valence-corrected chi connectivity index (χ3v) is 1.66. The van der Waals surface area contributed by atoms with E-state index in [0.29, 0.717) is 0 Å². The number of likely N-dealkylation sites (N-methyl/N-ethyl adjacent to an activating group) is 1. The third kappa shape index (κ3) is 1.50. The predicted molar refractivity (Wildman–Crippen MR) is 35.8 cm³/mol. The quantitative estimate of drug-likeness (QED) is 0.410. The molecule has 0 aromatic carbocycles. The summed E-state index contributed by atoms with van der Waals surface area (Å²) < 4.78 is 4.82. The number of nitrogens with one attached hydrogen (secondary N) is 1. The number of aliphatic hydroxyl groups is 2. The van der Waals surface area contributed by atoms with Crippen molar-refractivity contribution in [1.29, 1.82) is 0 Å². The molecule has 1 heterocycles. The van der Waals surface area contributed by atoms with E-state index >= 15 is 0 Å². The normalized spacial score (nSPS) is 37.2. The summed E-state index contributed by atoms with van der Waals surface area (Å²) in [5.74, 6) is -0.408. The smallest absolute Gasteiger partial charge is 0.251 e. The van der Waals surface area contributed by atoms with Crippen LogP contribution in [0.4, 0.5) is 0 Å². The molecule has 64 valence electrons. The lowest BCUT2D eigenvalue weighted by Crippen LogP contribution is -2.41. The molecule has 5 nitrogen and oxygen atoms in total. The van der Waals surface area contributed by atoms with E-state index in [1.165, 1.54) is 7.05 Å². The van der Waals surface area contributed by atoms with E-state index in [-0.39, 0.29) is 6.61 Å². The standard InChI is InChI=1S/C6H11NO4/c1-7-6(10)5-4(9)3(8)2-11-5/h3-5,8-9H,2H2,1H3,(H,7,10). The van der Waals surface area contributed by atoms with Crippen molar-refractivity contribution in [3.05, 3.63) is 0 Å². The zero-order valence-corrected chi connectivity index (χ0v) is 6.15. The number of aliphatic hydroxyl groups excluding tert-OH is 2. The van der Waals surface area contributed by atoms with Crippen LogP contribution in [0.3, 0.4) is 0 Å². The van der Waals surface area contributed by atoms with Crippen LogP contribution in [-0.4, -0.2) is 48.1 Å². The Bertz CT molecular complexity index is 161. The first-order chi connectivity index (χ1) is 5.16. The first kappa shape index (κ1) is 8.45. The summed E-state index contributed by atoms with van der Waals surface area (Å²) >= 11 is 0. The fourth-order valence-electron chi connectivity index (χ4n) is 0.974. The Hall–Kier alpha value is -0.650. The molecule has 1 rings (SSSR count). The summed E-state index contributed by atoms with van der Waals surface area (Å²) in [4.78, 5) is 10.9. The number of ether oxygens (including phenoxy) is 1. The van der Waals surface area contributed by atoms with Gasteiger partial charge in [0.05, 0.1) is 6.61 Å². The number of hydrogen-bond donors (Lipinski definition) is 3. The Morgan fingerprint density at radius 2 is 2.27 bits per heavy atom. The van der Waals surface area contributed by atoms with Gasteiger partial charge >= 0.3 is 0 Å². The van der Waals surface area contributed by atoms with Crippen molar-refractivity contribution in [2.75, 3.05) is 13.7 Å². The van der Waals surface area contributed by atoms with Crippen LogP contribution < -0.4 is 5.32 Å². The van der Waals surface area contributed by atoms with Crippen molar-refractivity contribution in [3.63, 3.8) is 0 Å². The molecule has 1 saturated heterocycles. The zero-order valence-electron chi connectivity index (χ0n) is 6.15. The fourth-order valence-corrected chi connectivity index (χ4v) is 0.974. The second-order valence-corrected chi connectivity index (χ2v) is 2.43. The van der Waals surface area contributed by atoms with Gasteiger partial charge in [-0.25, -0.2) is 0 Å². The molecule has 1 amide bonds. The van der Waals surface area contributed by atoms with E-state index in [4.69, 9.17) is 14.9 Å². The Balaban J connectivity index is 2.54. The number of rotatable bonds is 1. The van der Waals surface area contributed by atoms with Gasteiger partial charge in [0, 0.05) is 7.05 Å². The fraction of sp³-hybridized carbons (Fsp3) is 0.833. The van der Waals surface area contributed by atoms with Crippen LogP contribution >= 0.6 is 0 Å². The highest BCUT2D eigenvalue weighted by Gasteiger charge is 2.38. The minimum absolute atomic E-state index is 0.0131. The van der Waals surface area contributed by atoms with E-state index in [1.54, 1.807) is 0 Å². The molecule has 1 aliphatic heterocycles. The highest BCUT2D eigenvalue weighted by atomic mass is 16.5. The summed E-state index contributed by atoms with van der Waals surface area (Å²) in [5, 5.41) is 20.4. The zero-order chi connectivity index (χ0) is 8.43. The van der Waals surface area contributed by atoms with Crippen LogP contribution in [0.15, 0.2) is 0 Å². The molecule has 0 spiro atoms. The molecule has 3 N–H and O–H groups in total. The van der Waals surface area contributed by atoms with E-state index < -0.39 is 24.2 Å².